The Kier molecular flexibility index (Phi) is 3.16. The van der Waals surface area contributed by atoms with Crippen LogP contribution in [-0.2, 0) is 6.42 Å². The fourth-order valence-corrected chi connectivity index (χ4v) is 2.25. The van der Waals surface area contributed by atoms with Gasteiger partial charge in [-0.25, -0.2) is 0 Å². The molecule has 0 unspecified atom stereocenters. The molecule has 0 atom stereocenters. The summed E-state index contributed by atoms with van der Waals surface area (Å²) in [5, 5.41) is 8.27. The number of para-hydroxylation sites is 1. The van der Waals surface area contributed by atoms with E-state index in [1.54, 1.807) is 23.6 Å². The lowest BCUT2D eigenvalue weighted by Gasteiger charge is -2.07. The van der Waals surface area contributed by atoms with Crippen LogP contribution in [0, 0.1) is 0 Å². The Balaban J connectivity index is 2.09. The summed E-state index contributed by atoms with van der Waals surface area (Å²) < 4.78 is 7.10. The van der Waals surface area contributed by atoms with Gasteiger partial charge in [-0.3, -0.25) is 9.20 Å². The zero-order valence-electron chi connectivity index (χ0n) is 11.0. The average Bonchev–Trinajstić information content (AvgIpc) is 2.91. The van der Waals surface area contributed by atoms with Crippen molar-refractivity contribution in [3.8, 4) is 5.75 Å². The molecule has 0 aliphatic heterocycles. The summed E-state index contributed by atoms with van der Waals surface area (Å²) in [6.45, 7) is 0. The Bertz CT molecular complexity index is 765. The molecule has 100 valence electrons. The molecule has 0 saturated heterocycles. The van der Waals surface area contributed by atoms with Crippen molar-refractivity contribution in [2.24, 2.45) is 0 Å². The molecule has 0 amide bonds. The van der Waals surface area contributed by atoms with Gasteiger partial charge in [0, 0.05) is 12.0 Å². The molecule has 3 aromatic rings. The minimum Gasteiger partial charge on any atom is -0.496 e. The molecule has 2 heterocycles. The Labute approximate surface area is 115 Å². The minimum atomic E-state index is 0.539. The van der Waals surface area contributed by atoms with Crippen LogP contribution >= 0.6 is 0 Å². The maximum absolute atomic E-state index is 11.1. The monoisotopic (exact) mass is 267 g/mol. The lowest BCUT2D eigenvalue weighted by Crippen LogP contribution is -2.02. The molecular formula is C15H13N3O2. The zero-order chi connectivity index (χ0) is 13.9. The Hall–Kier alpha value is -2.69. The number of nitrogens with zero attached hydrogens (tertiary/aromatic N) is 3. The number of ether oxygens (including phenoxy) is 1. The Morgan fingerprint density at radius 3 is 2.80 bits per heavy atom. The first-order valence-electron chi connectivity index (χ1n) is 6.23. The first kappa shape index (κ1) is 12.3. The molecule has 0 aliphatic rings. The maximum Gasteiger partial charge on any atom is 0.166 e. The molecule has 2 aromatic heterocycles. The number of carbonyl (C=O) groups is 1. The third kappa shape index (κ3) is 2.03. The molecule has 1 aromatic carbocycles. The van der Waals surface area contributed by atoms with Crippen molar-refractivity contribution in [1.29, 1.82) is 0 Å². The molecule has 0 bridgehead atoms. The topological polar surface area (TPSA) is 56.5 Å². The van der Waals surface area contributed by atoms with Crippen molar-refractivity contribution in [3.63, 3.8) is 0 Å². The van der Waals surface area contributed by atoms with E-state index < -0.39 is 0 Å². The van der Waals surface area contributed by atoms with Crippen LogP contribution in [0.3, 0.4) is 0 Å². The Morgan fingerprint density at radius 2 is 2.00 bits per heavy atom. The third-order valence-electron chi connectivity index (χ3n) is 3.19. The van der Waals surface area contributed by atoms with E-state index >= 15 is 0 Å². The third-order valence-corrected chi connectivity index (χ3v) is 3.19. The van der Waals surface area contributed by atoms with Gasteiger partial charge in [0.15, 0.2) is 11.9 Å². The number of hydrogen-bond acceptors (Lipinski definition) is 4. The van der Waals surface area contributed by atoms with Gasteiger partial charge in [-0.15, -0.1) is 10.2 Å². The highest BCUT2D eigenvalue weighted by atomic mass is 16.5. The molecule has 3 rings (SSSR count). The van der Waals surface area contributed by atoms with Gasteiger partial charge >= 0.3 is 0 Å². The van der Waals surface area contributed by atoms with Crippen LogP contribution in [0.4, 0.5) is 0 Å². The number of aromatic nitrogens is 3. The van der Waals surface area contributed by atoms with Gasteiger partial charge in [0.2, 0.25) is 0 Å². The summed E-state index contributed by atoms with van der Waals surface area (Å²) in [5.74, 6) is 1.51. The lowest BCUT2D eigenvalue weighted by atomic mass is 10.1. The number of pyridine rings is 1. The fraction of sp³-hybridized carbons (Fsp3) is 0.133. The normalized spacial score (nSPS) is 10.7. The molecule has 0 fully saturated rings. The van der Waals surface area contributed by atoms with E-state index in [0.717, 1.165) is 17.6 Å². The summed E-state index contributed by atoms with van der Waals surface area (Å²) in [4.78, 5) is 11.1. The highest BCUT2D eigenvalue weighted by molar-refractivity contribution is 5.74. The van der Waals surface area contributed by atoms with E-state index in [1.165, 1.54) is 0 Å². The van der Waals surface area contributed by atoms with Gasteiger partial charge in [-0.05, 0) is 18.2 Å². The van der Waals surface area contributed by atoms with E-state index in [4.69, 9.17) is 4.74 Å². The summed E-state index contributed by atoms with van der Waals surface area (Å²) in [6.07, 6.45) is 1.36. The van der Waals surface area contributed by atoms with Crippen molar-refractivity contribution in [1.82, 2.24) is 14.6 Å². The number of benzene rings is 1. The molecule has 0 spiro atoms. The quantitative estimate of drug-likeness (QED) is 0.680. The van der Waals surface area contributed by atoms with E-state index in [1.807, 2.05) is 30.3 Å². The lowest BCUT2D eigenvalue weighted by molar-refractivity contribution is 0.111. The average molecular weight is 267 g/mol. The van der Waals surface area contributed by atoms with Crippen LogP contribution in [0.25, 0.3) is 5.65 Å². The van der Waals surface area contributed by atoms with Gasteiger partial charge in [0.05, 0.1) is 12.8 Å². The summed E-state index contributed by atoms with van der Waals surface area (Å²) in [6, 6.07) is 13.1. The number of rotatable bonds is 4. The molecule has 0 saturated carbocycles. The van der Waals surface area contributed by atoms with Gasteiger partial charge in [-0.1, -0.05) is 24.3 Å². The van der Waals surface area contributed by atoms with Crippen LogP contribution < -0.4 is 4.74 Å². The molecule has 0 aliphatic carbocycles. The molecule has 5 nitrogen and oxygen atoms in total. The number of carbonyl (C=O) groups excluding carboxylic acids is 1. The number of aldehydes is 1. The predicted octanol–water partition coefficient (Wildman–Crippen LogP) is 2.14. The van der Waals surface area contributed by atoms with E-state index in [2.05, 4.69) is 10.2 Å². The van der Waals surface area contributed by atoms with Crippen molar-refractivity contribution in [2.75, 3.05) is 7.11 Å². The maximum atomic E-state index is 11.1. The fourth-order valence-electron chi connectivity index (χ4n) is 2.25. The summed E-state index contributed by atoms with van der Waals surface area (Å²) in [5.41, 5.74) is 2.21. The molecule has 5 heteroatoms. The first-order chi connectivity index (χ1) is 9.83. The van der Waals surface area contributed by atoms with Crippen LogP contribution in [0.15, 0.2) is 42.5 Å². The second-order valence-electron chi connectivity index (χ2n) is 4.37. The molecule has 0 N–H and O–H groups in total. The van der Waals surface area contributed by atoms with Crippen LogP contribution in [0.5, 0.6) is 5.75 Å². The molecular weight excluding hydrogens is 254 g/mol. The summed E-state index contributed by atoms with van der Waals surface area (Å²) >= 11 is 0. The SMILES string of the molecule is COc1ccccc1Cc1nnc2cccc(C=O)n12. The zero-order valence-corrected chi connectivity index (χ0v) is 11.0. The Morgan fingerprint density at radius 1 is 1.15 bits per heavy atom. The molecule has 20 heavy (non-hydrogen) atoms. The van der Waals surface area contributed by atoms with Crippen LogP contribution in [0.1, 0.15) is 21.9 Å². The highest BCUT2D eigenvalue weighted by Gasteiger charge is 2.11. The van der Waals surface area contributed by atoms with E-state index in [-0.39, 0.29) is 0 Å². The number of methoxy groups -OCH3 is 1. The van der Waals surface area contributed by atoms with Gasteiger partial charge in [-0.2, -0.15) is 0 Å². The van der Waals surface area contributed by atoms with Gasteiger partial charge in [0.1, 0.15) is 11.6 Å². The molecule has 0 radical (unpaired) electrons. The number of fused-ring (bicyclic) bond motifs is 1. The van der Waals surface area contributed by atoms with E-state index in [9.17, 15) is 4.79 Å². The standard InChI is InChI=1S/C15H13N3O2/c1-20-13-7-3-2-5-11(13)9-15-17-16-14-8-4-6-12(10-19)18(14)15/h2-8,10H,9H2,1H3. The van der Waals surface area contributed by atoms with Crippen molar-refractivity contribution < 1.29 is 9.53 Å². The van der Waals surface area contributed by atoms with Crippen molar-refractivity contribution in [2.45, 2.75) is 6.42 Å². The van der Waals surface area contributed by atoms with Crippen molar-refractivity contribution in [3.05, 3.63) is 59.5 Å². The minimum absolute atomic E-state index is 0.539. The second kappa shape index (κ2) is 5.13. The predicted molar refractivity (Wildman–Crippen MR) is 74.2 cm³/mol. The first-order valence-corrected chi connectivity index (χ1v) is 6.23. The van der Waals surface area contributed by atoms with Crippen LogP contribution in [0.2, 0.25) is 0 Å². The van der Waals surface area contributed by atoms with Gasteiger partial charge < -0.3 is 4.74 Å². The summed E-state index contributed by atoms with van der Waals surface area (Å²) in [7, 11) is 1.64. The number of hydrogen-bond donors (Lipinski definition) is 0. The van der Waals surface area contributed by atoms with Gasteiger partial charge in [0.25, 0.3) is 0 Å². The van der Waals surface area contributed by atoms with Crippen molar-refractivity contribution >= 4 is 11.9 Å². The van der Waals surface area contributed by atoms with Crippen LogP contribution in [-0.4, -0.2) is 28.0 Å². The highest BCUT2D eigenvalue weighted by Crippen LogP contribution is 2.21. The smallest absolute Gasteiger partial charge is 0.166 e. The second-order valence-corrected chi connectivity index (χ2v) is 4.37. The largest absolute Gasteiger partial charge is 0.496 e. The van der Waals surface area contributed by atoms with E-state index in [0.29, 0.717) is 23.6 Å².